The van der Waals surface area contributed by atoms with E-state index in [1.165, 1.54) is 19.2 Å². The van der Waals surface area contributed by atoms with E-state index in [-0.39, 0.29) is 23.6 Å². The summed E-state index contributed by atoms with van der Waals surface area (Å²) in [6, 6.07) is 4.41. The second-order valence-corrected chi connectivity index (χ2v) is 3.58. The SMILES string of the molecule is COC(=O)CCCOc1ccc(N)c(C(=O)O)c1. The summed E-state index contributed by atoms with van der Waals surface area (Å²) in [7, 11) is 1.32. The number of esters is 1. The van der Waals surface area contributed by atoms with Gasteiger partial charge in [0.05, 0.1) is 19.3 Å². The van der Waals surface area contributed by atoms with Crippen LogP contribution in [-0.2, 0) is 9.53 Å². The molecule has 0 heterocycles. The summed E-state index contributed by atoms with van der Waals surface area (Å²) < 4.78 is 9.80. The standard InChI is InChI=1S/C12H15NO5/c1-17-11(14)3-2-6-18-8-4-5-10(13)9(7-8)12(15)16/h4-5,7H,2-3,6,13H2,1H3,(H,15,16). The smallest absolute Gasteiger partial charge is 0.337 e. The first-order valence-electron chi connectivity index (χ1n) is 5.37. The molecule has 0 saturated heterocycles. The van der Waals surface area contributed by atoms with Gasteiger partial charge < -0.3 is 20.3 Å². The normalized spacial score (nSPS) is 9.83. The molecule has 0 aliphatic heterocycles. The van der Waals surface area contributed by atoms with Crippen LogP contribution in [0.3, 0.4) is 0 Å². The third-order valence-corrected chi connectivity index (χ3v) is 2.28. The molecule has 1 rings (SSSR count). The van der Waals surface area contributed by atoms with Crippen LogP contribution in [0.25, 0.3) is 0 Å². The van der Waals surface area contributed by atoms with Crippen molar-refractivity contribution in [1.82, 2.24) is 0 Å². The van der Waals surface area contributed by atoms with Crippen molar-refractivity contribution in [2.75, 3.05) is 19.5 Å². The molecule has 0 unspecified atom stereocenters. The Labute approximate surface area is 104 Å². The average molecular weight is 253 g/mol. The Morgan fingerprint density at radius 1 is 1.39 bits per heavy atom. The van der Waals surface area contributed by atoms with Crippen LogP contribution in [-0.4, -0.2) is 30.8 Å². The van der Waals surface area contributed by atoms with E-state index in [1.54, 1.807) is 6.07 Å². The summed E-state index contributed by atoms with van der Waals surface area (Å²) in [5.41, 5.74) is 5.69. The van der Waals surface area contributed by atoms with Crippen LogP contribution in [0.2, 0.25) is 0 Å². The number of carboxylic acids is 1. The largest absolute Gasteiger partial charge is 0.494 e. The fraction of sp³-hybridized carbons (Fsp3) is 0.333. The van der Waals surface area contributed by atoms with Gasteiger partial charge in [0.2, 0.25) is 0 Å². The van der Waals surface area contributed by atoms with E-state index in [4.69, 9.17) is 15.6 Å². The van der Waals surface area contributed by atoms with E-state index in [9.17, 15) is 9.59 Å². The Kier molecular flexibility index (Phi) is 4.98. The van der Waals surface area contributed by atoms with Crippen LogP contribution in [0.4, 0.5) is 5.69 Å². The molecule has 0 saturated carbocycles. The van der Waals surface area contributed by atoms with Crippen LogP contribution in [0.5, 0.6) is 5.75 Å². The highest BCUT2D eigenvalue weighted by Crippen LogP contribution is 2.19. The van der Waals surface area contributed by atoms with Crippen molar-refractivity contribution in [3.8, 4) is 5.75 Å². The van der Waals surface area contributed by atoms with Gasteiger partial charge >= 0.3 is 11.9 Å². The number of nitrogens with two attached hydrogens (primary N) is 1. The van der Waals surface area contributed by atoms with E-state index < -0.39 is 5.97 Å². The lowest BCUT2D eigenvalue weighted by Crippen LogP contribution is -2.06. The molecule has 0 atom stereocenters. The number of ether oxygens (including phenoxy) is 2. The van der Waals surface area contributed by atoms with E-state index in [0.29, 0.717) is 18.8 Å². The Balaban J connectivity index is 2.50. The molecule has 0 aliphatic carbocycles. The highest BCUT2D eigenvalue weighted by Gasteiger charge is 2.09. The second-order valence-electron chi connectivity index (χ2n) is 3.58. The summed E-state index contributed by atoms with van der Waals surface area (Å²) in [5, 5.41) is 8.87. The molecule has 6 nitrogen and oxygen atoms in total. The van der Waals surface area contributed by atoms with Crippen LogP contribution in [0.1, 0.15) is 23.2 Å². The lowest BCUT2D eigenvalue weighted by Gasteiger charge is -2.07. The summed E-state index contributed by atoms with van der Waals surface area (Å²) in [6.45, 7) is 0.304. The lowest BCUT2D eigenvalue weighted by molar-refractivity contribution is -0.140. The Morgan fingerprint density at radius 3 is 2.72 bits per heavy atom. The molecular weight excluding hydrogens is 238 g/mol. The van der Waals surface area contributed by atoms with Gasteiger partial charge in [-0.05, 0) is 24.6 Å². The van der Waals surface area contributed by atoms with Crippen LogP contribution >= 0.6 is 0 Å². The van der Waals surface area contributed by atoms with Gasteiger partial charge in [-0.25, -0.2) is 4.79 Å². The highest BCUT2D eigenvalue weighted by atomic mass is 16.5. The average Bonchev–Trinajstić information content (AvgIpc) is 2.35. The first-order valence-corrected chi connectivity index (χ1v) is 5.37. The van der Waals surface area contributed by atoms with Gasteiger partial charge in [0.15, 0.2) is 0 Å². The maximum Gasteiger partial charge on any atom is 0.337 e. The Bertz CT molecular complexity index is 444. The molecule has 0 amide bonds. The number of hydrogen-bond donors (Lipinski definition) is 2. The number of benzene rings is 1. The highest BCUT2D eigenvalue weighted by molar-refractivity contribution is 5.94. The molecule has 18 heavy (non-hydrogen) atoms. The van der Waals surface area contributed by atoms with Crippen molar-refractivity contribution < 1.29 is 24.2 Å². The minimum Gasteiger partial charge on any atom is -0.494 e. The van der Waals surface area contributed by atoms with E-state index in [0.717, 1.165) is 0 Å². The maximum atomic E-state index is 10.8. The van der Waals surface area contributed by atoms with E-state index in [2.05, 4.69) is 4.74 Å². The molecule has 0 aliphatic rings. The van der Waals surface area contributed by atoms with Gasteiger partial charge in [-0.1, -0.05) is 0 Å². The zero-order chi connectivity index (χ0) is 13.5. The zero-order valence-corrected chi connectivity index (χ0v) is 10.0. The Morgan fingerprint density at radius 2 is 2.11 bits per heavy atom. The molecular formula is C12H15NO5. The van der Waals surface area contributed by atoms with Crippen LogP contribution in [0, 0.1) is 0 Å². The van der Waals surface area contributed by atoms with Gasteiger partial charge in [-0.15, -0.1) is 0 Å². The van der Waals surface area contributed by atoms with Crippen molar-refractivity contribution in [3.63, 3.8) is 0 Å². The fourth-order valence-corrected chi connectivity index (χ4v) is 1.32. The number of anilines is 1. The van der Waals surface area contributed by atoms with Gasteiger partial charge in [0.1, 0.15) is 5.75 Å². The zero-order valence-electron chi connectivity index (χ0n) is 10.0. The number of aromatic carboxylic acids is 1. The van der Waals surface area contributed by atoms with E-state index in [1.807, 2.05) is 0 Å². The number of carboxylic acid groups (broad SMARTS) is 1. The van der Waals surface area contributed by atoms with Gasteiger partial charge in [-0.3, -0.25) is 4.79 Å². The molecule has 0 spiro atoms. The molecule has 0 aromatic heterocycles. The summed E-state index contributed by atoms with van der Waals surface area (Å²) in [6.07, 6.45) is 0.761. The topological polar surface area (TPSA) is 98.9 Å². The number of carbonyl (C=O) groups is 2. The predicted octanol–water partition coefficient (Wildman–Crippen LogP) is 1.30. The molecule has 1 aromatic carbocycles. The molecule has 0 radical (unpaired) electrons. The van der Waals surface area contributed by atoms with Gasteiger partial charge in [-0.2, -0.15) is 0 Å². The molecule has 6 heteroatoms. The molecule has 3 N–H and O–H groups in total. The first-order chi connectivity index (χ1) is 8.54. The number of rotatable bonds is 6. The minimum absolute atomic E-state index is 0.000433. The molecule has 1 aromatic rings. The van der Waals surface area contributed by atoms with Crippen molar-refractivity contribution in [2.24, 2.45) is 0 Å². The predicted molar refractivity (Wildman–Crippen MR) is 64.6 cm³/mol. The van der Waals surface area contributed by atoms with E-state index >= 15 is 0 Å². The summed E-state index contributed by atoms with van der Waals surface area (Å²) >= 11 is 0. The third-order valence-electron chi connectivity index (χ3n) is 2.28. The lowest BCUT2D eigenvalue weighted by atomic mass is 10.2. The maximum absolute atomic E-state index is 10.8. The summed E-state index contributed by atoms with van der Waals surface area (Å²) in [4.78, 5) is 21.7. The van der Waals surface area contributed by atoms with Gasteiger partial charge in [0.25, 0.3) is 0 Å². The number of carbonyl (C=O) groups excluding carboxylic acids is 1. The van der Waals surface area contributed by atoms with Crippen molar-refractivity contribution in [1.29, 1.82) is 0 Å². The van der Waals surface area contributed by atoms with Crippen molar-refractivity contribution >= 4 is 17.6 Å². The molecule has 0 bridgehead atoms. The van der Waals surface area contributed by atoms with Crippen molar-refractivity contribution in [2.45, 2.75) is 12.8 Å². The summed E-state index contributed by atoms with van der Waals surface area (Å²) in [5.74, 6) is -0.999. The molecule has 98 valence electrons. The van der Waals surface area contributed by atoms with Crippen LogP contribution < -0.4 is 10.5 Å². The number of methoxy groups -OCH3 is 1. The number of hydrogen-bond acceptors (Lipinski definition) is 5. The fourth-order valence-electron chi connectivity index (χ4n) is 1.32. The van der Waals surface area contributed by atoms with Crippen LogP contribution in [0.15, 0.2) is 18.2 Å². The second kappa shape index (κ2) is 6.48. The Hall–Kier alpha value is -2.24. The third kappa shape index (κ3) is 3.97. The monoisotopic (exact) mass is 253 g/mol. The number of nitrogen functional groups attached to an aromatic ring is 1. The van der Waals surface area contributed by atoms with Crippen molar-refractivity contribution in [3.05, 3.63) is 23.8 Å². The minimum atomic E-state index is -1.10. The van der Waals surface area contributed by atoms with Gasteiger partial charge in [0, 0.05) is 12.1 Å². The quantitative estimate of drug-likeness (QED) is 0.450. The molecule has 0 fully saturated rings. The first kappa shape index (κ1) is 13.8.